The van der Waals surface area contributed by atoms with E-state index in [4.69, 9.17) is 11.6 Å². The van der Waals surface area contributed by atoms with Gasteiger partial charge in [0.2, 0.25) is 0 Å². The van der Waals surface area contributed by atoms with Gasteiger partial charge in [0.05, 0.1) is 0 Å². The first kappa shape index (κ1) is 37.4. The van der Waals surface area contributed by atoms with Crippen LogP contribution in [0.1, 0.15) is 80.1 Å². The van der Waals surface area contributed by atoms with Gasteiger partial charge in [-0.25, -0.2) is 0 Å². The summed E-state index contributed by atoms with van der Waals surface area (Å²) in [5.41, 5.74) is 9.87. The second-order valence-electron chi connectivity index (χ2n) is 15.5. The number of hydrogen-bond donors (Lipinski definition) is 2. The highest BCUT2D eigenvalue weighted by Crippen LogP contribution is 2.39. The highest BCUT2D eigenvalue weighted by molar-refractivity contribution is 6.30. The molecular formula is C50H48ClN3O2. The molecule has 1 amide bonds. The molecule has 282 valence electrons. The fraction of sp³-hybridized carbons (Fsp3) is 0.240. The van der Waals surface area contributed by atoms with E-state index < -0.39 is 0 Å². The van der Waals surface area contributed by atoms with Crippen molar-refractivity contribution >= 4 is 52.4 Å². The molecule has 2 aliphatic carbocycles. The number of Topliss-reactive ketones (excluding diaryl/α,β-unsaturated/α-hetero) is 1. The van der Waals surface area contributed by atoms with E-state index in [-0.39, 0.29) is 17.6 Å². The Bertz CT molecular complexity index is 2630. The highest BCUT2D eigenvalue weighted by Gasteiger charge is 2.31. The summed E-state index contributed by atoms with van der Waals surface area (Å²) in [4.78, 5) is 29.6. The number of piperidine rings is 1. The predicted octanol–water partition coefficient (Wildman–Crippen LogP) is 9.72. The molecule has 2 heterocycles. The molecule has 0 saturated carbocycles. The maximum absolute atomic E-state index is 14.3. The number of carbonyl (C=O) groups is 2. The molecule has 0 aromatic heterocycles. The molecule has 5 aromatic rings. The lowest BCUT2D eigenvalue weighted by Gasteiger charge is -2.36. The third kappa shape index (κ3) is 7.54. The summed E-state index contributed by atoms with van der Waals surface area (Å²) in [6, 6.07) is 32.1. The van der Waals surface area contributed by atoms with Crippen LogP contribution in [0.2, 0.25) is 5.02 Å². The predicted molar refractivity (Wildman–Crippen MR) is 231 cm³/mol. The zero-order chi connectivity index (χ0) is 38.8. The normalized spacial score (nSPS) is 17.1. The summed E-state index contributed by atoms with van der Waals surface area (Å²) in [7, 11) is 2.21. The van der Waals surface area contributed by atoms with Crippen molar-refractivity contribution in [1.29, 1.82) is 0 Å². The van der Waals surface area contributed by atoms with Gasteiger partial charge in [-0.3, -0.25) is 9.59 Å². The van der Waals surface area contributed by atoms with Crippen LogP contribution in [0.3, 0.4) is 0 Å². The van der Waals surface area contributed by atoms with Gasteiger partial charge >= 0.3 is 0 Å². The van der Waals surface area contributed by atoms with E-state index in [1.807, 2.05) is 98.9 Å². The molecule has 1 saturated heterocycles. The van der Waals surface area contributed by atoms with Crippen LogP contribution in [0.5, 0.6) is 0 Å². The van der Waals surface area contributed by atoms with Gasteiger partial charge in [-0.05, 0) is 163 Å². The molecule has 1 fully saturated rings. The molecule has 4 aliphatic rings. The summed E-state index contributed by atoms with van der Waals surface area (Å²) in [6.07, 6.45) is 15.5. The number of fused-ring (bicyclic) bond motifs is 5. The van der Waals surface area contributed by atoms with Gasteiger partial charge in [0.15, 0.2) is 5.78 Å². The average molecular weight is 758 g/mol. The average Bonchev–Trinajstić information content (AvgIpc) is 3.47. The largest absolute Gasteiger partial charge is 0.361 e. The molecule has 56 heavy (non-hydrogen) atoms. The molecule has 1 unspecified atom stereocenters. The van der Waals surface area contributed by atoms with E-state index in [1.165, 1.54) is 27.1 Å². The van der Waals surface area contributed by atoms with Crippen molar-refractivity contribution < 1.29 is 9.59 Å². The zero-order valence-corrected chi connectivity index (χ0v) is 33.1. The second-order valence-corrected chi connectivity index (χ2v) is 15.9. The lowest BCUT2D eigenvalue weighted by Crippen LogP contribution is -2.35. The fourth-order valence-electron chi connectivity index (χ4n) is 8.92. The molecule has 0 bridgehead atoms. The van der Waals surface area contributed by atoms with Crippen LogP contribution in [0, 0.1) is 30.2 Å². The van der Waals surface area contributed by atoms with Gasteiger partial charge in [0, 0.05) is 45.2 Å². The van der Waals surface area contributed by atoms with Crippen LogP contribution in [-0.2, 0) is 6.42 Å². The molecule has 0 radical (unpaired) electrons. The Labute approximate surface area is 334 Å². The minimum atomic E-state index is -0.147. The lowest BCUT2D eigenvalue weighted by molar-refractivity contribution is 0.102. The third-order valence-corrected chi connectivity index (χ3v) is 12.2. The van der Waals surface area contributed by atoms with Gasteiger partial charge in [-0.15, -0.1) is 0 Å². The molecule has 6 heteroatoms. The minimum absolute atomic E-state index is 0.0873. The van der Waals surface area contributed by atoms with Crippen LogP contribution in [0.4, 0.5) is 11.4 Å². The van der Waals surface area contributed by atoms with Gasteiger partial charge in [-0.2, -0.15) is 0 Å². The smallest absolute Gasteiger partial charge is 0.255 e. The van der Waals surface area contributed by atoms with E-state index in [0.29, 0.717) is 22.7 Å². The second kappa shape index (κ2) is 16.3. The van der Waals surface area contributed by atoms with E-state index in [1.54, 1.807) is 0 Å². The van der Waals surface area contributed by atoms with Crippen molar-refractivity contribution in [2.75, 3.05) is 30.8 Å². The van der Waals surface area contributed by atoms with Gasteiger partial charge in [0.25, 0.3) is 5.91 Å². The minimum Gasteiger partial charge on any atom is -0.361 e. The number of likely N-dealkylation sites (tertiary alicyclic amines) is 1. The number of carbonyl (C=O) groups excluding carboxylic acids is 2. The van der Waals surface area contributed by atoms with Crippen LogP contribution in [0.15, 0.2) is 115 Å². The molecular weight excluding hydrogens is 710 g/mol. The Balaban J connectivity index is 0.000000343. The number of aryl methyl sites for hydroxylation is 2. The number of allylic oxidation sites excluding steroid dienone is 2. The maximum atomic E-state index is 14.3. The maximum Gasteiger partial charge on any atom is 0.255 e. The topological polar surface area (TPSA) is 61.4 Å². The summed E-state index contributed by atoms with van der Waals surface area (Å²) in [5.74, 6) is 0.764. The Morgan fingerprint density at radius 2 is 1.57 bits per heavy atom. The molecule has 1 atom stereocenters. The number of benzene rings is 5. The fourth-order valence-corrected chi connectivity index (χ4v) is 9.16. The van der Waals surface area contributed by atoms with Crippen molar-refractivity contribution in [2.45, 2.75) is 51.9 Å². The Kier molecular flexibility index (Phi) is 10.9. The van der Waals surface area contributed by atoms with Crippen LogP contribution >= 0.6 is 11.6 Å². The first-order valence-corrected chi connectivity index (χ1v) is 20.2. The van der Waals surface area contributed by atoms with Crippen LogP contribution in [-0.4, -0.2) is 36.7 Å². The summed E-state index contributed by atoms with van der Waals surface area (Å²) in [5, 5.41) is 11.7. The number of para-hydroxylation sites is 1. The van der Waals surface area contributed by atoms with Gasteiger partial charge in [0.1, 0.15) is 0 Å². The first-order valence-electron chi connectivity index (χ1n) is 19.8. The zero-order valence-electron chi connectivity index (χ0n) is 32.4. The van der Waals surface area contributed by atoms with E-state index in [2.05, 4.69) is 65.1 Å². The van der Waals surface area contributed by atoms with Crippen LogP contribution in [0.25, 0.3) is 17.7 Å². The van der Waals surface area contributed by atoms with Crippen molar-refractivity contribution in [3.05, 3.63) is 180 Å². The van der Waals surface area contributed by atoms with E-state index in [9.17, 15) is 9.59 Å². The van der Waals surface area contributed by atoms with Gasteiger partial charge < -0.3 is 15.5 Å². The van der Waals surface area contributed by atoms with Crippen LogP contribution < -0.4 is 21.1 Å². The van der Waals surface area contributed by atoms with E-state index in [0.717, 1.165) is 83.0 Å². The van der Waals surface area contributed by atoms with Crippen molar-refractivity contribution in [3.8, 4) is 0 Å². The number of nitrogens with one attached hydrogen (secondary N) is 2. The molecule has 2 aliphatic heterocycles. The van der Waals surface area contributed by atoms with Crippen molar-refractivity contribution in [1.82, 2.24) is 4.90 Å². The number of ketones is 1. The number of anilines is 2. The van der Waals surface area contributed by atoms with Gasteiger partial charge in [-0.1, -0.05) is 90.5 Å². The quantitative estimate of drug-likeness (QED) is 0.175. The molecule has 5 aromatic carbocycles. The standard InChI is InChI=1S/C40H39ClN2O2.C10H9N/c1-24-8-4-5-9-29(24)40(45)42-27-14-15-28(25(2)22-27)39(44)34-12-6-11-32-31(34)16-17-33-30-10-7-13-37(41)36(30)23-35(38(32)33)26-18-20-43(3)21-19-26;1-2-7-10-9(5-1)6-3-4-8-11-10/h4-5,7-10,13-17,22-23,26,35H,6,11-12,18-21H2,1-3H3,(H,42,45);1-8,11H. The molecule has 2 N–H and O–H groups in total. The Hall–Kier alpha value is -5.49. The Morgan fingerprint density at radius 3 is 2.39 bits per heavy atom. The number of amides is 1. The third-order valence-electron chi connectivity index (χ3n) is 11.9. The van der Waals surface area contributed by atoms with E-state index >= 15 is 0 Å². The Morgan fingerprint density at radius 1 is 0.786 bits per heavy atom. The van der Waals surface area contributed by atoms with Crippen molar-refractivity contribution in [2.24, 2.45) is 5.92 Å². The number of halogens is 1. The van der Waals surface area contributed by atoms with Crippen molar-refractivity contribution in [3.63, 3.8) is 0 Å². The number of hydrogen-bond acceptors (Lipinski definition) is 4. The molecule has 9 rings (SSSR count). The lowest BCUT2D eigenvalue weighted by atomic mass is 9.73. The summed E-state index contributed by atoms with van der Waals surface area (Å²) < 4.78 is 0. The summed E-state index contributed by atoms with van der Waals surface area (Å²) >= 11 is 6.79. The monoisotopic (exact) mass is 757 g/mol. The number of rotatable bonds is 5. The molecule has 0 spiro atoms. The summed E-state index contributed by atoms with van der Waals surface area (Å²) in [6.45, 7) is 6.09. The first-order chi connectivity index (χ1) is 27.3. The highest BCUT2D eigenvalue weighted by atomic mass is 35.5. The number of nitrogens with zero attached hydrogens (tertiary/aromatic N) is 1. The SMILES string of the molecule is C1=CNc2ccccc2C=C1.Cc1ccccc1C(=O)Nc1ccc(C(=O)C2=c3ccc4c(c3CCC2)C(C2CCN(C)CC2)C=c2c(Cl)cccc2=4)c(C)c1. The molecule has 5 nitrogen and oxygen atoms in total.